The van der Waals surface area contributed by atoms with Crippen molar-refractivity contribution in [1.29, 1.82) is 0 Å². The average molecular weight is 300 g/mol. The molecule has 0 radical (unpaired) electrons. The molecular weight excluding hydrogens is 276 g/mol. The van der Waals surface area contributed by atoms with Crippen LogP contribution in [0.25, 0.3) is 17.1 Å². The molecule has 0 saturated heterocycles. The van der Waals surface area contributed by atoms with Crippen molar-refractivity contribution in [2.75, 3.05) is 27.2 Å². The first-order valence-electron chi connectivity index (χ1n) is 7.40. The van der Waals surface area contributed by atoms with E-state index < -0.39 is 0 Å². The summed E-state index contributed by atoms with van der Waals surface area (Å²) in [7, 11) is 4.07. The van der Waals surface area contributed by atoms with Gasteiger partial charge in [-0.3, -0.25) is 4.79 Å². The SMILES string of the molecule is CN(C)CC(C)(C)CNC(=O)/C=C/c1ccnc2[nH]ccc12. The van der Waals surface area contributed by atoms with Crippen LogP contribution in [0.5, 0.6) is 0 Å². The number of hydrogen-bond acceptors (Lipinski definition) is 3. The molecule has 5 nitrogen and oxygen atoms in total. The molecule has 2 aromatic rings. The van der Waals surface area contributed by atoms with Gasteiger partial charge in [0.1, 0.15) is 5.65 Å². The summed E-state index contributed by atoms with van der Waals surface area (Å²) in [6.07, 6.45) is 6.98. The van der Waals surface area contributed by atoms with Crippen molar-refractivity contribution >= 4 is 23.0 Å². The first-order valence-corrected chi connectivity index (χ1v) is 7.40. The van der Waals surface area contributed by atoms with Gasteiger partial charge in [0.25, 0.3) is 0 Å². The second-order valence-corrected chi connectivity index (χ2v) is 6.59. The highest BCUT2D eigenvalue weighted by Crippen LogP contribution is 2.16. The van der Waals surface area contributed by atoms with E-state index in [4.69, 9.17) is 0 Å². The minimum atomic E-state index is -0.0765. The summed E-state index contributed by atoms with van der Waals surface area (Å²) in [5.41, 5.74) is 1.85. The molecule has 2 rings (SSSR count). The number of H-pyrrole nitrogens is 1. The molecule has 0 aliphatic heterocycles. The Morgan fingerprint density at radius 1 is 1.41 bits per heavy atom. The Balaban J connectivity index is 1.96. The van der Waals surface area contributed by atoms with Gasteiger partial charge in [-0.2, -0.15) is 0 Å². The number of aromatic amines is 1. The first kappa shape index (κ1) is 16.2. The molecule has 0 unspecified atom stereocenters. The molecule has 0 atom stereocenters. The fourth-order valence-electron chi connectivity index (χ4n) is 2.59. The number of pyridine rings is 1. The number of aromatic nitrogens is 2. The Kier molecular flexibility index (Phi) is 4.98. The van der Waals surface area contributed by atoms with Gasteiger partial charge in [-0.05, 0) is 43.3 Å². The van der Waals surface area contributed by atoms with Gasteiger partial charge in [-0.15, -0.1) is 0 Å². The third kappa shape index (κ3) is 4.43. The molecule has 0 aromatic carbocycles. The van der Waals surface area contributed by atoms with Crippen molar-refractivity contribution in [2.24, 2.45) is 5.41 Å². The van der Waals surface area contributed by atoms with E-state index >= 15 is 0 Å². The highest BCUT2D eigenvalue weighted by Gasteiger charge is 2.19. The molecule has 2 aromatic heterocycles. The Bertz CT molecular complexity index is 670. The number of carbonyl (C=O) groups is 1. The van der Waals surface area contributed by atoms with Crippen molar-refractivity contribution in [3.63, 3.8) is 0 Å². The lowest BCUT2D eigenvalue weighted by atomic mass is 9.93. The van der Waals surface area contributed by atoms with Crippen molar-refractivity contribution in [3.8, 4) is 0 Å². The van der Waals surface area contributed by atoms with Gasteiger partial charge in [0.2, 0.25) is 5.91 Å². The normalized spacial score (nSPS) is 12.4. The lowest BCUT2D eigenvalue weighted by molar-refractivity contribution is -0.116. The number of amides is 1. The van der Waals surface area contributed by atoms with Gasteiger partial charge in [0.15, 0.2) is 0 Å². The number of carbonyl (C=O) groups excluding carboxylic acids is 1. The van der Waals surface area contributed by atoms with Crippen molar-refractivity contribution in [2.45, 2.75) is 13.8 Å². The number of hydrogen-bond donors (Lipinski definition) is 2. The predicted octanol–water partition coefficient (Wildman–Crippen LogP) is 2.28. The third-order valence-electron chi connectivity index (χ3n) is 3.39. The van der Waals surface area contributed by atoms with E-state index in [-0.39, 0.29) is 11.3 Å². The fraction of sp³-hybridized carbons (Fsp3) is 0.412. The van der Waals surface area contributed by atoms with Crippen LogP contribution in [0, 0.1) is 5.41 Å². The van der Waals surface area contributed by atoms with Gasteiger partial charge in [-0.1, -0.05) is 13.8 Å². The Hall–Kier alpha value is -2.14. The highest BCUT2D eigenvalue weighted by molar-refractivity contribution is 5.95. The smallest absolute Gasteiger partial charge is 0.244 e. The molecule has 1 amide bonds. The molecule has 2 N–H and O–H groups in total. The molecule has 118 valence electrons. The molecule has 0 aliphatic rings. The molecule has 0 aliphatic carbocycles. The van der Waals surface area contributed by atoms with E-state index in [0.717, 1.165) is 23.1 Å². The Morgan fingerprint density at radius 2 is 2.18 bits per heavy atom. The fourth-order valence-corrected chi connectivity index (χ4v) is 2.59. The van der Waals surface area contributed by atoms with Crippen LogP contribution in [0.3, 0.4) is 0 Å². The Labute approximate surface area is 131 Å². The predicted molar refractivity (Wildman–Crippen MR) is 90.5 cm³/mol. The van der Waals surface area contributed by atoms with Crippen molar-refractivity contribution in [1.82, 2.24) is 20.2 Å². The van der Waals surface area contributed by atoms with E-state index in [1.54, 1.807) is 12.3 Å². The molecule has 0 spiro atoms. The van der Waals surface area contributed by atoms with E-state index in [9.17, 15) is 4.79 Å². The molecular formula is C17H24N4O. The number of nitrogens with zero attached hydrogens (tertiary/aromatic N) is 2. The molecule has 5 heteroatoms. The summed E-state index contributed by atoms with van der Waals surface area (Å²) in [6.45, 7) is 5.85. The van der Waals surface area contributed by atoms with E-state index in [0.29, 0.717) is 6.54 Å². The van der Waals surface area contributed by atoms with E-state index in [1.807, 2.05) is 38.5 Å². The Morgan fingerprint density at radius 3 is 2.91 bits per heavy atom. The highest BCUT2D eigenvalue weighted by atomic mass is 16.1. The zero-order valence-corrected chi connectivity index (χ0v) is 13.7. The average Bonchev–Trinajstić information content (AvgIpc) is 2.90. The van der Waals surface area contributed by atoms with E-state index in [2.05, 4.69) is 34.0 Å². The van der Waals surface area contributed by atoms with Gasteiger partial charge >= 0.3 is 0 Å². The second kappa shape index (κ2) is 6.75. The number of fused-ring (bicyclic) bond motifs is 1. The maximum atomic E-state index is 12.0. The summed E-state index contributed by atoms with van der Waals surface area (Å²) < 4.78 is 0. The van der Waals surface area contributed by atoms with Crippen LogP contribution in [-0.4, -0.2) is 48.0 Å². The molecule has 22 heavy (non-hydrogen) atoms. The monoisotopic (exact) mass is 300 g/mol. The zero-order valence-electron chi connectivity index (χ0n) is 13.7. The van der Waals surface area contributed by atoms with Gasteiger partial charge in [0.05, 0.1) is 0 Å². The lowest BCUT2D eigenvalue weighted by Gasteiger charge is -2.28. The van der Waals surface area contributed by atoms with Crippen molar-refractivity contribution in [3.05, 3.63) is 36.2 Å². The first-order chi connectivity index (χ1) is 10.4. The van der Waals surface area contributed by atoms with Crippen LogP contribution >= 0.6 is 0 Å². The molecule has 0 saturated carbocycles. The zero-order chi connectivity index (χ0) is 16.2. The largest absolute Gasteiger partial charge is 0.352 e. The summed E-state index contributed by atoms with van der Waals surface area (Å²) in [5.74, 6) is -0.0765. The summed E-state index contributed by atoms with van der Waals surface area (Å²) in [6, 6.07) is 3.86. The van der Waals surface area contributed by atoms with Crippen LogP contribution < -0.4 is 5.32 Å². The van der Waals surface area contributed by atoms with Gasteiger partial charge in [-0.25, -0.2) is 4.98 Å². The van der Waals surface area contributed by atoms with Crippen LogP contribution in [0.1, 0.15) is 19.4 Å². The van der Waals surface area contributed by atoms with Crippen LogP contribution in [-0.2, 0) is 4.79 Å². The number of nitrogens with one attached hydrogen (secondary N) is 2. The standard InChI is InChI=1S/C17H24N4O/c1-17(2,12-21(3)4)11-20-15(22)6-5-13-7-9-18-16-14(13)8-10-19-16/h5-10H,11-12H2,1-4H3,(H,18,19)(H,20,22)/b6-5+. The minimum Gasteiger partial charge on any atom is -0.352 e. The maximum absolute atomic E-state index is 12.0. The third-order valence-corrected chi connectivity index (χ3v) is 3.39. The van der Waals surface area contributed by atoms with Crippen LogP contribution in [0.2, 0.25) is 0 Å². The summed E-state index contributed by atoms with van der Waals surface area (Å²) in [4.78, 5) is 21.4. The summed E-state index contributed by atoms with van der Waals surface area (Å²) >= 11 is 0. The summed E-state index contributed by atoms with van der Waals surface area (Å²) in [5, 5.41) is 3.98. The minimum absolute atomic E-state index is 0.0393. The molecule has 0 fully saturated rings. The van der Waals surface area contributed by atoms with Crippen LogP contribution in [0.15, 0.2) is 30.6 Å². The van der Waals surface area contributed by atoms with Gasteiger partial charge < -0.3 is 15.2 Å². The van der Waals surface area contributed by atoms with Crippen LogP contribution in [0.4, 0.5) is 0 Å². The molecule has 2 heterocycles. The second-order valence-electron chi connectivity index (χ2n) is 6.59. The van der Waals surface area contributed by atoms with Gasteiger partial charge in [0, 0.05) is 36.9 Å². The van der Waals surface area contributed by atoms with E-state index in [1.165, 1.54) is 0 Å². The quantitative estimate of drug-likeness (QED) is 0.805. The number of rotatable bonds is 6. The van der Waals surface area contributed by atoms with Crippen molar-refractivity contribution < 1.29 is 4.79 Å². The molecule has 0 bridgehead atoms. The maximum Gasteiger partial charge on any atom is 0.244 e. The lowest BCUT2D eigenvalue weighted by Crippen LogP contribution is -2.39. The topological polar surface area (TPSA) is 61.0 Å².